The minimum Gasteiger partial charge on any atom is -0.455 e. The fourth-order valence-electron chi connectivity index (χ4n) is 2.67. The molecule has 1 aliphatic rings. The SMILES string of the molecule is Cc1cc(N(CCC#N)C(=O)COC(=O)C2CCS(=O)(=O)C2)ccc1Cl. The van der Waals surface area contributed by atoms with Crippen LogP contribution in [0.3, 0.4) is 0 Å². The number of hydrogen-bond acceptors (Lipinski definition) is 6. The van der Waals surface area contributed by atoms with Crippen LogP contribution in [0.2, 0.25) is 5.02 Å². The van der Waals surface area contributed by atoms with Crippen LogP contribution in [0.5, 0.6) is 0 Å². The molecule has 0 bridgehead atoms. The number of nitrogens with zero attached hydrogens (tertiary/aromatic N) is 2. The molecule has 1 amide bonds. The summed E-state index contributed by atoms with van der Waals surface area (Å²) in [6.07, 6.45) is 0.326. The Morgan fingerprint density at radius 3 is 2.73 bits per heavy atom. The lowest BCUT2D eigenvalue weighted by molar-refractivity contribution is -0.151. The Bertz CT molecular complexity index is 847. The van der Waals surface area contributed by atoms with Gasteiger partial charge in [0.05, 0.1) is 29.9 Å². The number of halogens is 1. The van der Waals surface area contributed by atoms with E-state index in [9.17, 15) is 18.0 Å². The normalized spacial score (nSPS) is 18.1. The van der Waals surface area contributed by atoms with E-state index in [4.69, 9.17) is 21.6 Å². The largest absolute Gasteiger partial charge is 0.455 e. The molecule has 0 spiro atoms. The lowest BCUT2D eigenvalue weighted by atomic mass is 10.1. The summed E-state index contributed by atoms with van der Waals surface area (Å²) in [6.45, 7) is 1.42. The van der Waals surface area contributed by atoms with Crippen molar-refractivity contribution in [2.24, 2.45) is 5.92 Å². The van der Waals surface area contributed by atoms with Crippen molar-refractivity contribution < 1.29 is 22.7 Å². The lowest BCUT2D eigenvalue weighted by Gasteiger charge is -2.22. The van der Waals surface area contributed by atoms with Crippen molar-refractivity contribution >= 4 is 39.0 Å². The first-order valence-corrected chi connectivity index (χ1v) is 10.2. The molecule has 0 aliphatic carbocycles. The van der Waals surface area contributed by atoms with Crippen LogP contribution in [0, 0.1) is 24.2 Å². The lowest BCUT2D eigenvalue weighted by Crippen LogP contribution is -2.36. The van der Waals surface area contributed by atoms with Gasteiger partial charge in [0, 0.05) is 17.3 Å². The number of esters is 1. The van der Waals surface area contributed by atoms with E-state index in [2.05, 4.69) is 0 Å². The van der Waals surface area contributed by atoms with Gasteiger partial charge in [-0.25, -0.2) is 8.42 Å². The molecule has 1 atom stereocenters. The van der Waals surface area contributed by atoms with Gasteiger partial charge in [0.25, 0.3) is 5.91 Å². The van der Waals surface area contributed by atoms with Crippen molar-refractivity contribution in [3.8, 4) is 6.07 Å². The monoisotopic (exact) mass is 398 g/mol. The Labute approximate surface area is 157 Å². The van der Waals surface area contributed by atoms with E-state index >= 15 is 0 Å². The second-order valence-electron chi connectivity index (χ2n) is 6.09. The number of hydrogen-bond donors (Lipinski definition) is 0. The third-order valence-electron chi connectivity index (χ3n) is 4.11. The molecule has 1 fully saturated rings. The number of nitriles is 1. The molecule has 1 aliphatic heterocycles. The van der Waals surface area contributed by atoms with Crippen molar-refractivity contribution in [3.05, 3.63) is 28.8 Å². The summed E-state index contributed by atoms with van der Waals surface area (Å²) < 4.78 is 27.9. The summed E-state index contributed by atoms with van der Waals surface area (Å²) in [5, 5.41) is 9.35. The summed E-state index contributed by atoms with van der Waals surface area (Å²) in [6, 6.07) is 6.98. The van der Waals surface area contributed by atoms with Crippen molar-refractivity contribution in [1.82, 2.24) is 0 Å². The Morgan fingerprint density at radius 2 is 2.15 bits per heavy atom. The third kappa shape index (κ3) is 5.19. The zero-order valence-electron chi connectivity index (χ0n) is 14.3. The van der Waals surface area contributed by atoms with Crippen molar-refractivity contribution in [2.45, 2.75) is 19.8 Å². The van der Waals surface area contributed by atoms with E-state index in [-0.39, 0.29) is 30.9 Å². The summed E-state index contributed by atoms with van der Waals surface area (Å²) in [5.74, 6) is -2.19. The maximum Gasteiger partial charge on any atom is 0.310 e. The van der Waals surface area contributed by atoms with E-state index in [1.165, 1.54) is 4.90 Å². The molecule has 1 unspecified atom stereocenters. The summed E-state index contributed by atoms with van der Waals surface area (Å²) >= 11 is 5.99. The first-order valence-electron chi connectivity index (χ1n) is 8.04. The highest BCUT2D eigenvalue weighted by Crippen LogP contribution is 2.23. The second kappa shape index (κ2) is 8.52. The molecule has 1 aromatic rings. The van der Waals surface area contributed by atoms with Gasteiger partial charge in [0.2, 0.25) is 0 Å². The number of ether oxygens (including phenoxy) is 1. The molecule has 1 aromatic carbocycles. The highest BCUT2D eigenvalue weighted by atomic mass is 35.5. The van der Waals surface area contributed by atoms with Crippen LogP contribution in [0.15, 0.2) is 18.2 Å². The molecular weight excluding hydrogens is 380 g/mol. The van der Waals surface area contributed by atoms with Gasteiger partial charge >= 0.3 is 5.97 Å². The summed E-state index contributed by atoms with van der Waals surface area (Å²) in [4.78, 5) is 25.8. The minimum atomic E-state index is -3.20. The van der Waals surface area contributed by atoms with Gasteiger partial charge in [-0.1, -0.05) is 11.6 Å². The predicted octanol–water partition coefficient (Wildman–Crippen LogP) is 1.87. The number of carbonyl (C=O) groups excluding carboxylic acids is 2. The van der Waals surface area contributed by atoms with Gasteiger partial charge in [-0.15, -0.1) is 0 Å². The van der Waals surface area contributed by atoms with Gasteiger partial charge in [-0.2, -0.15) is 5.26 Å². The second-order valence-corrected chi connectivity index (χ2v) is 8.73. The van der Waals surface area contributed by atoms with Crippen LogP contribution in [0.4, 0.5) is 5.69 Å². The molecule has 9 heteroatoms. The summed E-state index contributed by atoms with van der Waals surface area (Å²) in [7, 11) is -3.20. The van der Waals surface area contributed by atoms with Gasteiger partial charge in [-0.3, -0.25) is 9.59 Å². The molecule has 140 valence electrons. The highest BCUT2D eigenvalue weighted by molar-refractivity contribution is 7.91. The fraction of sp³-hybridized carbons (Fsp3) is 0.471. The fourth-order valence-corrected chi connectivity index (χ4v) is 4.51. The minimum absolute atomic E-state index is 0.0426. The zero-order valence-corrected chi connectivity index (χ0v) is 15.8. The number of aryl methyl sites for hydroxylation is 1. The Hall–Kier alpha value is -2.11. The van der Waals surface area contributed by atoms with Crippen LogP contribution in [-0.2, 0) is 24.2 Å². The smallest absolute Gasteiger partial charge is 0.310 e. The number of amides is 1. The Balaban J connectivity index is 2.03. The molecule has 1 saturated heterocycles. The van der Waals surface area contributed by atoms with Crippen LogP contribution in [0.25, 0.3) is 0 Å². The van der Waals surface area contributed by atoms with Gasteiger partial charge in [0.1, 0.15) is 0 Å². The van der Waals surface area contributed by atoms with E-state index in [0.717, 1.165) is 5.56 Å². The molecule has 7 nitrogen and oxygen atoms in total. The molecule has 2 rings (SSSR count). The first kappa shape index (κ1) is 20.2. The average molecular weight is 399 g/mol. The Morgan fingerprint density at radius 1 is 1.42 bits per heavy atom. The van der Waals surface area contributed by atoms with Crippen molar-refractivity contribution in [2.75, 3.05) is 29.6 Å². The van der Waals surface area contributed by atoms with Crippen molar-refractivity contribution in [3.63, 3.8) is 0 Å². The van der Waals surface area contributed by atoms with E-state index < -0.39 is 34.2 Å². The highest BCUT2D eigenvalue weighted by Gasteiger charge is 2.34. The maximum atomic E-state index is 12.5. The van der Waals surface area contributed by atoms with E-state index in [1.807, 2.05) is 6.07 Å². The molecule has 0 radical (unpaired) electrons. The number of carbonyl (C=O) groups is 2. The van der Waals surface area contributed by atoms with Gasteiger partial charge in [-0.05, 0) is 37.1 Å². The number of benzene rings is 1. The molecule has 1 heterocycles. The van der Waals surface area contributed by atoms with Gasteiger partial charge in [0.15, 0.2) is 16.4 Å². The quantitative estimate of drug-likeness (QED) is 0.677. The summed E-state index contributed by atoms with van der Waals surface area (Å²) in [5.41, 5.74) is 1.32. The number of anilines is 1. The first-order chi connectivity index (χ1) is 12.2. The average Bonchev–Trinajstić information content (AvgIpc) is 2.96. The van der Waals surface area contributed by atoms with Crippen LogP contribution in [0.1, 0.15) is 18.4 Å². The predicted molar refractivity (Wildman–Crippen MR) is 96.5 cm³/mol. The number of rotatable bonds is 6. The topological polar surface area (TPSA) is 105 Å². The Kier molecular flexibility index (Phi) is 6.62. The molecular formula is C17H19ClN2O5S. The standard InChI is InChI=1S/C17H19ClN2O5S/c1-12-9-14(3-4-15(12)18)20(7-2-6-19)16(21)10-25-17(22)13-5-8-26(23,24)11-13/h3-4,9,13H,2,5,7-8,10-11H2,1H3. The zero-order chi connectivity index (χ0) is 19.3. The van der Waals surface area contributed by atoms with E-state index in [0.29, 0.717) is 10.7 Å². The van der Waals surface area contributed by atoms with Gasteiger partial charge < -0.3 is 9.64 Å². The molecule has 0 N–H and O–H groups in total. The third-order valence-corrected chi connectivity index (χ3v) is 6.30. The number of sulfone groups is 1. The van der Waals surface area contributed by atoms with Crippen LogP contribution in [-0.4, -0.2) is 45.0 Å². The molecule has 0 aromatic heterocycles. The molecule has 0 saturated carbocycles. The van der Waals surface area contributed by atoms with Crippen LogP contribution >= 0.6 is 11.6 Å². The maximum absolute atomic E-state index is 12.5. The van der Waals surface area contributed by atoms with Crippen LogP contribution < -0.4 is 4.90 Å². The molecule has 26 heavy (non-hydrogen) atoms. The van der Waals surface area contributed by atoms with E-state index in [1.54, 1.807) is 25.1 Å². The van der Waals surface area contributed by atoms with Crippen molar-refractivity contribution in [1.29, 1.82) is 5.26 Å².